The quantitative estimate of drug-likeness (QED) is 0.750. The summed E-state index contributed by atoms with van der Waals surface area (Å²) in [5.74, 6) is 2.16. The third-order valence-corrected chi connectivity index (χ3v) is 5.53. The molecular formula is C19H27N3O2. The molecule has 0 aliphatic heterocycles. The largest absolute Gasteiger partial charge is 0.352 e. The highest BCUT2D eigenvalue weighted by Gasteiger charge is 2.42. The minimum Gasteiger partial charge on any atom is -0.352 e. The van der Waals surface area contributed by atoms with E-state index < -0.39 is 0 Å². The SMILES string of the molecule is CC(NC(=O)CNC(=O)NCc1ccccc1)C1CC2CCC1C2. The number of urea groups is 1. The summed E-state index contributed by atoms with van der Waals surface area (Å²) in [6.45, 7) is 2.57. The number of amides is 3. The number of nitrogens with one attached hydrogen (secondary N) is 3. The van der Waals surface area contributed by atoms with E-state index in [0.29, 0.717) is 12.5 Å². The smallest absolute Gasteiger partial charge is 0.315 e. The van der Waals surface area contributed by atoms with Crippen LogP contribution in [0.15, 0.2) is 30.3 Å². The van der Waals surface area contributed by atoms with Gasteiger partial charge in [0, 0.05) is 12.6 Å². The van der Waals surface area contributed by atoms with Crippen LogP contribution in [0.3, 0.4) is 0 Å². The fourth-order valence-corrected chi connectivity index (χ4v) is 4.32. The summed E-state index contributed by atoms with van der Waals surface area (Å²) in [5.41, 5.74) is 1.03. The molecule has 0 radical (unpaired) electrons. The Hall–Kier alpha value is -2.04. The normalized spacial score (nSPS) is 26.0. The van der Waals surface area contributed by atoms with Gasteiger partial charge >= 0.3 is 6.03 Å². The summed E-state index contributed by atoms with van der Waals surface area (Å²) in [7, 11) is 0. The Morgan fingerprint density at radius 2 is 1.92 bits per heavy atom. The lowest BCUT2D eigenvalue weighted by Gasteiger charge is -2.28. The molecule has 2 fully saturated rings. The maximum absolute atomic E-state index is 12.0. The third kappa shape index (κ3) is 4.28. The van der Waals surface area contributed by atoms with E-state index >= 15 is 0 Å². The summed E-state index contributed by atoms with van der Waals surface area (Å²) in [5, 5.41) is 8.43. The van der Waals surface area contributed by atoms with Crippen molar-refractivity contribution in [3.63, 3.8) is 0 Å². The van der Waals surface area contributed by atoms with Crippen LogP contribution in [0.25, 0.3) is 0 Å². The lowest BCUT2D eigenvalue weighted by atomic mass is 9.84. The van der Waals surface area contributed by atoms with Crippen molar-refractivity contribution in [2.75, 3.05) is 6.54 Å². The molecule has 5 heteroatoms. The highest BCUT2D eigenvalue weighted by atomic mass is 16.2. The zero-order valence-electron chi connectivity index (χ0n) is 14.3. The molecular weight excluding hydrogens is 302 g/mol. The number of hydrogen-bond donors (Lipinski definition) is 3. The summed E-state index contributed by atoms with van der Waals surface area (Å²) < 4.78 is 0. The molecule has 2 aliphatic rings. The van der Waals surface area contributed by atoms with Crippen LogP contribution in [0.1, 0.15) is 38.2 Å². The molecule has 3 rings (SSSR count). The number of carbonyl (C=O) groups excluding carboxylic acids is 2. The van der Waals surface area contributed by atoms with Crippen LogP contribution in [0, 0.1) is 17.8 Å². The number of carbonyl (C=O) groups is 2. The molecule has 2 bridgehead atoms. The van der Waals surface area contributed by atoms with Gasteiger partial charge in [-0.2, -0.15) is 0 Å². The molecule has 24 heavy (non-hydrogen) atoms. The summed E-state index contributed by atoms with van der Waals surface area (Å²) in [6, 6.07) is 9.57. The summed E-state index contributed by atoms with van der Waals surface area (Å²) >= 11 is 0. The lowest BCUT2D eigenvalue weighted by Crippen LogP contribution is -2.46. The van der Waals surface area contributed by atoms with Crippen molar-refractivity contribution in [3.8, 4) is 0 Å². The minimum absolute atomic E-state index is 0.0196. The van der Waals surface area contributed by atoms with Crippen LogP contribution in [0.2, 0.25) is 0 Å². The van der Waals surface area contributed by atoms with Gasteiger partial charge in [-0.25, -0.2) is 4.79 Å². The van der Waals surface area contributed by atoms with Crippen LogP contribution >= 0.6 is 0 Å². The predicted molar refractivity (Wildman–Crippen MR) is 93.2 cm³/mol. The van der Waals surface area contributed by atoms with Crippen molar-refractivity contribution >= 4 is 11.9 Å². The van der Waals surface area contributed by atoms with Gasteiger partial charge in [-0.3, -0.25) is 4.79 Å². The molecule has 1 aromatic rings. The second-order valence-electron chi connectivity index (χ2n) is 7.22. The molecule has 0 saturated heterocycles. The van der Waals surface area contributed by atoms with E-state index in [1.807, 2.05) is 30.3 Å². The van der Waals surface area contributed by atoms with Gasteiger partial charge in [-0.05, 0) is 49.5 Å². The summed E-state index contributed by atoms with van der Waals surface area (Å²) in [6.07, 6.45) is 5.27. The van der Waals surface area contributed by atoms with Crippen LogP contribution < -0.4 is 16.0 Å². The first-order valence-corrected chi connectivity index (χ1v) is 8.97. The third-order valence-electron chi connectivity index (χ3n) is 5.53. The molecule has 1 aromatic carbocycles. The van der Waals surface area contributed by atoms with Crippen molar-refractivity contribution < 1.29 is 9.59 Å². The standard InChI is InChI=1S/C19H27N3O2/c1-13(17-10-15-7-8-16(17)9-15)22-18(23)12-21-19(24)20-11-14-5-3-2-4-6-14/h2-6,13,15-17H,7-12H2,1H3,(H,22,23)(H2,20,21,24). The maximum Gasteiger partial charge on any atom is 0.315 e. The summed E-state index contributed by atoms with van der Waals surface area (Å²) in [4.78, 5) is 23.8. The van der Waals surface area contributed by atoms with Gasteiger partial charge in [0.15, 0.2) is 0 Å². The van der Waals surface area contributed by atoms with Crippen LogP contribution in [0.4, 0.5) is 4.79 Å². The van der Waals surface area contributed by atoms with Crippen molar-refractivity contribution in [2.45, 2.75) is 45.2 Å². The number of hydrogen-bond acceptors (Lipinski definition) is 2. The van der Waals surface area contributed by atoms with Crippen LogP contribution in [0.5, 0.6) is 0 Å². The molecule has 3 amide bonds. The molecule has 3 N–H and O–H groups in total. The average Bonchev–Trinajstić information content (AvgIpc) is 3.22. The molecule has 0 heterocycles. The predicted octanol–water partition coefficient (Wildman–Crippen LogP) is 2.43. The van der Waals surface area contributed by atoms with E-state index in [0.717, 1.165) is 17.4 Å². The van der Waals surface area contributed by atoms with Crippen molar-refractivity contribution in [2.24, 2.45) is 17.8 Å². The molecule has 4 atom stereocenters. The van der Waals surface area contributed by atoms with Crippen molar-refractivity contribution in [1.82, 2.24) is 16.0 Å². The van der Waals surface area contributed by atoms with Gasteiger partial charge in [0.1, 0.15) is 0 Å². The number of rotatable bonds is 6. The molecule has 0 spiro atoms. The Kier molecular flexibility index (Phi) is 5.38. The van der Waals surface area contributed by atoms with Gasteiger partial charge in [0.25, 0.3) is 0 Å². The zero-order chi connectivity index (χ0) is 16.9. The monoisotopic (exact) mass is 329 g/mol. The minimum atomic E-state index is -0.318. The van der Waals surface area contributed by atoms with Gasteiger partial charge in [-0.1, -0.05) is 36.8 Å². The first-order valence-electron chi connectivity index (χ1n) is 8.97. The lowest BCUT2D eigenvalue weighted by molar-refractivity contribution is -0.121. The molecule has 5 nitrogen and oxygen atoms in total. The Morgan fingerprint density at radius 1 is 1.12 bits per heavy atom. The Balaban J connectivity index is 1.34. The molecule has 4 unspecified atom stereocenters. The fourth-order valence-electron chi connectivity index (χ4n) is 4.32. The van der Waals surface area contributed by atoms with E-state index in [-0.39, 0.29) is 24.5 Å². The maximum atomic E-state index is 12.0. The van der Waals surface area contributed by atoms with E-state index in [1.54, 1.807) is 0 Å². The van der Waals surface area contributed by atoms with E-state index in [2.05, 4.69) is 22.9 Å². The van der Waals surface area contributed by atoms with E-state index in [9.17, 15) is 9.59 Å². The Labute approximate surface area is 143 Å². The van der Waals surface area contributed by atoms with Crippen molar-refractivity contribution in [1.29, 1.82) is 0 Å². The van der Waals surface area contributed by atoms with E-state index in [1.165, 1.54) is 25.7 Å². The second kappa shape index (κ2) is 7.69. The van der Waals surface area contributed by atoms with Crippen molar-refractivity contribution in [3.05, 3.63) is 35.9 Å². The Bertz CT molecular complexity index is 575. The molecule has 2 saturated carbocycles. The van der Waals surface area contributed by atoms with Gasteiger partial charge in [-0.15, -0.1) is 0 Å². The average molecular weight is 329 g/mol. The van der Waals surface area contributed by atoms with E-state index in [4.69, 9.17) is 0 Å². The highest BCUT2D eigenvalue weighted by molar-refractivity contribution is 5.84. The first-order chi connectivity index (χ1) is 11.6. The van der Waals surface area contributed by atoms with Gasteiger partial charge in [0.05, 0.1) is 6.54 Å². The number of fused-ring (bicyclic) bond motifs is 2. The van der Waals surface area contributed by atoms with Gasteiger partial charge < -0.3 is 16.0 Å². The van der Waals surface area contributed by atoms with Crippen LogP contribution in [-0.2, 0) is 11.3 Å². The first kappa shape index (κ1) is 16.8. The Morgan fingerprint density at radius 3 is 2.58 bits per heavy atom. The zero-order valence-corrected chi connectivity index (χ0v) is 14.3. The topological polar surface area (TPSA) is 70.2 Å². The molecule has 130 valence electrons. The van der Waals surface area contributed by atoms with Crippen LogP contribution in [-0.4, -0.2) is 24.5 Å². The molecule has 0 aromatic heterocycles. The second-order valence-corrected chi connectivity index (χ2v) is 7.22. The molecule has 2 aliphatic carbocycles. The number of benzene rings is 1. The van der Waals surface area contributed by atoms with Gasteiger partial charge in [0.2, 0.25) is 5.91 Å². The fraction of sp³-hybridized carbons (Fsp3) is 0.579. The highest BCUT2D eigenvalue weighted by Crippen LogP contribution is 2.49.